The summed E-state index contributed by atoms with van der Waals surface area (Å²) in [6.45, 7) is 5.36. The summed E-state index contributed by atoms with van der Waals surface area (Å²) in [5.74, 6) is 0. The van der Waals surface area contributed by atoms with E-state index in [9.17, 15) is 5.11 Å². The summed E-state index contributed by atoms with van der Waals surface area (Å²) in [5, 5.41) is 10.7. The Morgan fingerprint density at radius 3 is 2.38 bits per heavy atom. The zero-order valence-corrected chi connectivity index (χ0v) is 11.0. The van der Waals surface area contributed by atoms with Gasteiger partial charge in [-0.2, -0.15) is 0 Å². The van der Waals surface area contributed by atoms with Gasteiger partial charge in [-0.15, -0.1) is 0 Å². The molecule has 1 atom stereocenters. The van der Waals surface area contributed by atoms with Crippen LogP contribution in [0.4, 0.5) is 0 Å². The fourth-order valence-electron chi connectivity index (χ4n) is 1.65. The van der Waals surface area contributed by atoms with Crippen LogP contribution in [0.15, 0.2) is 24.3 Å². The van der Waals surface area contributed by atoms with Crippen LogP contribution < -0.4 is 0 Å². The van der Waals surface area contributed by atoms with E-state index in [4.69, 9.17) is 11.6 Å². The smallest absolute Gasteiger partial charge is 0.0743 e. The zero-order valence-electron chi connectivity index (χ0n) is 10.2. The van der Waals surface area contributed by atoms with Gasteiger partial charge < -0.3 is 5.11 Å². The second-order valence-electron chi connectivity index (χ2n) is 4.65. The van der Waals surface area contributed by atoms with Crippen LogP contribution in [-0.2, 0) is 6.54 Å². The SMILES string of the molecule is CCC(C)(O)CN(C)Cc1ccc(Cl)cc1. The van der Waals surface area contributed by atoms with Crippen molar-refractivity contribution in [2.24, 2.45) is 0 Å². The Morgan fingerprint density at radius 2 is 1.88 bits per heavy atom. The second kappa shape index (κ2) is 5.67. The Kier molecular flexibility index (Phi) is 4.78. The van der Waals surface area contributed by atoms with Crippen molar-refractivity contribution in [3.05, 3.63) is 34.9 Å². The molecule has 1 rings (SSSR count). The van der Waals surface area contributed by atoms with Crippen molar-refractivity contribution >= 4 is 11.6 Å². The van der Waals surface area contributed by atoms with Crippen molar-refractivity contribution in [3.8, 4) is 0 Å². The van der Waals surface area contributed by atoms with Gasteiger partial charge in [0, 0.05) is 18.1 Å². The molecule has 0 heterocycles. The molecule has 0 aliphatic rings. The van der Waals surface area contributed by atoms with Crippen molar-refractivity contribution < 1.29 is 5.11 Å². The summed E-state index contributed by atoms with van der Waals surface area (Å²) in [7, 11) is 2.01. The molecule has 0 aliphatic heterocycles. The Hall–Kier alpha value is -0.570. The average molecular weight is 242 g/mol. The number of benzene rings is 1. The third kappa shape index (κ3) is 4.52. The Balaban J connectivity index is 2.51. The lowest BCUT2D eigenvalue weighted by atomic mass is 10.0. The molecule has 0 spiro atoms. The summed E-state index contributed by atoms with van der Waals surface area (Å²) < 4.78 is 0. The van der Waals surface area contributed by atoms with Gasteiger partial charge >= 0.3 is 0 Å². The Labute approximate surface area is 103 Å². The monoisotopic (exact) mass is 241 g/mol. The normalized spacial score (nSPS) is 15.1. The molecular formula is C13H20ClNO. The van der Waals surface area contributed by atoms with Crippen LogP contribution in [0.3, 0.4) is 0 Å². The number of halogens is 1. The molecule has 0 radical (unpaired) electrons. The Morgan fingerprint density at radius 1 is 1.31 bits per heavy atom. The second-order valence-corrected chi connectivity index (χ2v) is 5.09. The maximum Gasteiger partial charge on any atom is 0.0743 e. The molecule has 0 saturated carbocycles. The van der Waals surface area contributed by atoms with Crippen molar-refractivity contribution in [1.29, 1.82) is 0 Å². The van der Waals surface area contributed by atoms with Gasteiger partial charge in [0.25, 0.3) is 0 Å². The Bertz CT molecular complexity index is 321. The van der Waals surface area contributed by atoms with Crippen LogP contribution in [0, 0.1) is 0 Å². The molecule has 1 unspecified atom stereocenters. The molecule has 0 saturated heterocycles. The molecule has 1 aromatic rings. The predicted octanol–water partition coefficient (Wildman–Crippen LogP) is 2.93. The van der Waals surface area contributed by atoms with E-state index in [1.165, 1.54) is 5.56 Å². The van der Waals surface area contributed by atoms with E-state index < -0.39 is 5.60 Å². The highest BCUT2D eigenvalue weighted by Crippen LogP contribution is 2.14. The molecule has 0 aromatic heterocycles. The molecule has 0 aliphatic carbocycles. The third-order valence-electron chi connectivity index (χ3n) is 2.74. The van der Waals surface area contributed by atoms with Gasteiger partial charge in [-0.25, -0.2) is 0 Å². The number of hydrogen-bond acceptors (Lipinski definition) is 2. The van der Waals surface area contributed by atoms with Gasteiger partial charge in [0.05, 0.1) is 5.60 Å². The standard InChI is InChI=1S/C13H20ClNO/c1-4-13(2,16)10-15(3)9-11-5-7-12(14)8-6-11/h5-8,16H,4,9-10H2,1-3H3. The van der Waals surface area contributed by atoms with Crippen LogP contribution in [0.5, 0.6) is 0 Å². The molecule has 2 nitrogen and oxygen atoms in total. The predicted molar refractivity (Wildman–Crippen MR) is 68.7 cm³/mol. The van der Waals surface area contributed by atoms with Crippen molar-refractivity contribution in [2.75, 3.05) is 13.6 Å². The van der Waals surface area contributed by atoms with Crippen LogP contribution in [0.25, 0.3) is 0 Å². The molecule has 90 valence electrons. The maximum atomic E-state index is 9.95. The van der Waals surface area contributed by atoms with Gasteiger partial charge in [0.1, 0.15) is 0 Å². The van der Waals surface area contributed by atoms with Crippen LogP contribution >= 0.6 is 11.6 Å². The molecule has 16 heavy (non-hydrogen) atoms. The molecule has 3 heteroatoms. The highest BCUT2D eigenvalue weighted by molar-refractivity contribution is 6.30. The van der Waals surface area contributed by atoms with Crippen LogP contribution in [0.2, 0.25) is 5.02 Å². The molecule has 0 amide bonds. The third-order valence-corrected chi connectivity index (χ3v) is 2.99. The van der Waals surface area contributed by atoms with Crippen molar-refractivity contribution in [2.45, 2.75) is 32.4 Å². The van der Waals surface area contributed by atoms with E-state index in [1.54, 1.807) is 0 Å². The fraction of sp³-hybridized carbons (Fsp3) is 0.538. The van der Waals surface area contributed by atoms with E-state index in [-0.39, 0.29) is 0 Å². The summed E-state index contributed by atoms with van der Waals surface area (Å²) in [4.78, 5) is 2.12. The average Bonchev–Trinajstić information content (AvgIpc) is 2.21. The van der Waals surface area contributed by atoms with E-state index in [1.807, 2.05) is 45.2 Å². The topological polar surface area (TPSA) is 23.5 Å². The van der Waals surface area contributed by atoms with Crippen molar-refractivity contribution in [3.63, 3.8) is 0 Å². The molecule has 0 bridgehead atoms. The van der Waals surface area contributed by atoms with E-state index >= 15 is 0 Å². The first-order valence-corrected chi connectivity index (χ1v) is 5.96. The van der Waals surface area contributed by atoms with E-state index in [0.29, 0.717) is 6.54 Å². The van der Waals surface area contributed by atoms with Crippen molar-refractivity contribution in [1.82, 2.24) is 4.90 Å². The minimum absolute atomic E-state index is 0.610. The molecule has 1 aromatic carbocycles. The van der Waals surface area contributed by atoms with Gasteiger partial charge in [0.15, 0.2) is 0 Å². The van der Waals surface area contributed by atoms with Gasteiger partial charge in [0.2, 0.25) is 0 Å². The molecular weight excluding hydrogens is 222 g/mol. The number of likely N-dealkylation sites (N-methyl/N-ethyl adjacent to an activating group) is 1. The minimum Gasteiger partial charge on any atom is -0.389 e. The quantitative estimate of drug-likeness (QED) is 0.857. The first-order valence-electron chi connectivity index (χ1n) is 5.58. The summed E-state index contributed by atoms with van der Waals surface area (Å²) in [5.41, 5.74) is 0.597. The number of nitrogens with zero attached hydrogens (tertiary/aromatic N) is 1. The highest BCUT2D eigenvalue weighted by atomic mass is 35.5. The summed E-state index contributed by atoms with van der Waals surface area (Å²) in [6.07, 6.45) is 0.762. The summed E-state index contributed by atoms with van der Waals surface area (Å²) in [6, 6.07) is 7.81. The highest BCUT2D eigenvalue weighted by Gasteiger charge is 2.19. The van der Waals surface area contributed by atoms with Gasteiger partial charge in [-0.05, 0) is 38.1 Å². The number of rotatable bonds is 5. The van der Waals surface area contributed by atoms with Gasteiger partial charge in [-0.1, -0.05) is 30.7 Å². The largest absolute Gasteiger partial charge is 0.389 e. The minimum atomic E-state index is -0.610. The van der Waals surface area contributed by atoms with E-state index in [0.717, 1.165) is 18.0 Å². The number of hydrogen-bond donors (Lipinski definition) is 1. The molecule has 0 fully saturated rings. The van der Waals surface area contributed by atoms with Gasteiger partial charge in [-0.3, -0.25) is 4.90 Å². The summed E-state index contributed by atoms with van der Waals surface area (Å²) >= 11 is 5.82. The first kappa shape index (κ1) is 13.5. The van der Waals surface area contributed by atoms with Crippen LogP contribution in [0.1, 0.15) is 25.8 Å². The van der Waals surface area contributed by atoms with E-state index in [2.05, 4.69) is 4.90 Å². The lowest BCUT2D eigenvalue weighted by molar-refractivity contribution is 0.0218. The zero-order chi connectivity index (χ0) is 12.2. The molecule has 1 N–H and O–H groups in total. The first-order chi connectivity index (χ1) is 7.43. The fourth-order valence-corrected chi connectivity index (χ4v) is 1.78. The number of aliphatic hydroxyl groups is 1. The van der Waals surface area contributed by atoms with Crippen LogP contribution in [-0.4, -0.2) is 29.2 Å². The lowest BCUT2D eigenvalue weighted by Gasteiger charge is -2.28. The maximum absolute atomic E-state index is 9.95. The lowest BCUT2D eigenvalue weighted by Crippen LogP contribution is -2.37.